The van der Waals surface area contributed by atoms with Crippen molar-refractivity contribution in [1.82, 2.24) is 0 Å². The molecule has 0 saturated heterocycles. The molecular formula is C10H9NO3. The second-order valence-corrected chi connectivity index (χ2v) is 2.93. The fourth-order valence-corrected chi connectivity index (χ4v) is 1.28. The molecule has 4 heteroatoms. The van der Waals surface area contributed by atoms with Gasteiger partial charge in [-0.3, -0.25) is 4.79 Å². The van der Waals surface area contributed by atoms with Gasteiger partial charge in [0.15, 0.2) is 5.76 Å². The molecule has 0 atom stereocenters. The number of carbonyl (C=O) groups is 1. The molecule has 0 saturated carbocycles. The van der Waals surface area contributed by atoms with Crippen molar-refractivity contribution in [1.29, 1.82) is 0 Å². The maximum atomic E-state index is 11.2. The van der Waals surface area contributed by atoms with Crippen LogP contribution in [0.25, 0.3) is 11.0 Å². The standard InChI is InChI=1S/C10H9NO3/c11-5-8(13)10-4-6-7(12)2-1-3-9(6)14-10/h1-4,12H,5,11H2. The average Bonchev–Trinajstić information content (AvgIpc) is 2.62. The molecular weight excluding hydrogens is 182 g/mol. The number of hydrogen-bond acceptors (Lipinski definition) is 4. The first-order valence-corrected chi connectivity index (χ1v) is 4.17. The molecule has 1 aromatic heterocycles. The molecule has 0 unspecified atom stereocenters. The van der Waals surface area contributed by atoms with Gasteiger partial charge >= 0.3 is 0 Å². The molecule has 2 aromatic rings. The second-order valence-electron chi connectivity index (χ2n) is 2.93. The highest BCUT2D eigenvalue weighted by Crippen LogP contribution is 2.27. The van der Waals surface area contributed by atoms with Gasteiger partial charge in [0.25, 0.3) is 0 Å². The zero-order valence-electron chi connectivity index (χ0n) is 7.36. The molecule has 14 heavy (non-hydrogen) atoms. The van der Waals surface area contributed by atoms with Crippen LogP contribution >= 0.6 is 0 Å². The highest BCUT2D eigenvalue weighted by atomic mass is 16.3. The number of phenols is 1. The van der Waals surface area contributed by atoms with Crippen LogP contribution in [0.1, 0.15) is 10.6 Å². The summed E-state index contributed by atoms with van der Waals surface area (Å²) in [6, 6.07) is 6.37. The fraction of sp³-hybridized carbons (Fsp3) is 0.100. The van der Waals surface area contributed by atoms with Crippen molar-refractivity contribution in [2.24, 2.45) is 5.73 Å². The molecule has 3 N–H and O–H groups in total. The summed E-state index contributed by atoms with van der Waals surface area (Å²) in [6.07, 6.45) is 0. The van der Waals surface area contributed by atoms with Gasteiger partial charge in [-0.05, 0) is 18.2 Å². The Labute approximate surface area is 79.9 Å². The lowest BCUT2D eigenvalue weighted by atomic mass is 10.2. The lowest BCUT2D eigenvalue weighted by molar-refractivity contribution is 0.0977. The van der Waals surface area contributed by atoms with Crippen molar-refractivity contribution < 1.29 is 14.3 Å². The van der Waals surface area contributed by atoms with Gasteiger partial charge < -0.3 is 15.3 Å². The maximum absolute atomic E-state index is 11.2. The topological polar surface area (TPSA) is 76.5 Å². The molecule has 4 nitrogen and oxygen atoms in total. The van der Waals surface area contributed by atoms with Gasteiger partial charge in [-0.1, -0.05) is 6.07 Å². The first-order valence-electron chi connectivity index (χ1n) is 4.17. The van der Waals surface area contributed by atoms with E-state index in [9.17, 15) is 9.90 Å². The number of fused-ring (bicyclic) bond motifs is 1. The first-order chi connectivity index (χ1) is 6.72. The Balaban J connectivity index is 2.62. The number of nitrogens with two attached hydrogens (primary N) is 1. The molecule has 0 aliphatic carbocycles. The second kappa shape index (κ2) is 3.16. The number of furan rings is 1. The summed E-state index contributed by atoms with van der Waals surface area (Å²) < 4.78 is 5.21. The van der Waals surface area contributed by atoms with Crippen molar-refractivity contribution in [2.45, 2.75) is 0 Å². The van der Waals surface area contributed by atoms with Gasteiger partial charge in [0.05, 0.1) is 11.9 Å². The van der Waals surface area contributed by atoms with Crippen LogP contribution in [0.3, 0.4) is 0 Å². The van der Waals surface area contributed by atoms with Gasteiger partial charge in [-0.15, -0.1) is 0 Å². The van der Waals surface area contributed by atoms with E-state index in [4.69, 9.17) is 10.2 Å². The number of hydrogen-bond donors (Lipinski definition) is 2. The Morgan fingerprint density at radius 2 is 2.29 bits per heavy atom. The van der Waals surface area contributed by atoms with E-state index in [1.54, 1.807) is 12.1 Å². The van der Waals surface area contributed by atoms with Crippen LogP contribution in [-0.4, -0.2) is 17.4 Å². The van der Waals surface area contributed by atoms with Crippen LogP contribution in [0, 0.1) is 0 Å². The zero-order chi connectivity index (χ0) is 10.1. The van der Waals surface area contributed by atoms with E-state index in [-0.39, 0.29) is 23.8 Å². The quantitative estimate of drug-likeness (QED) is 0.701. The van der Waals surface area contributed by atoms with Crippen molar-refractivity contribution >= 4 is 16.8 Å². The summed E-state index contributed by atoms with van der Waals surface area (Å²) in [5.41, 5.74) is 5.68. The first kappa shape index (κ1) is 8.77. The number of ketones is 1. The molecule has 0 bridgehead atoms. The summed E-state index contributed by atoms with van der Waals surface area (Å²) in [5, 5.41) is 9.97. The van der Waals surface area contributed by atoms with Crippen molar-refractivity contribution in [3.05, 3.63) is 30.0 Å². The van der Waals surface area contributed by atoms with E-state index in [1.165, 1.54) is 12.1 Å². The Morgan fingerprint density at radius 1 is 1.50 bits per heavy atom. The Kier molecular flexibility index (Phi) is 1.98. The van der Waals surface area contributed by atoms with Gasteiger partial charge in [0.2, 0.25) is 5.78 Å². The molecule has 72 valence electrons. The van der Waals surface area contributed by atoms with E-state index in [2.05, 4.69) is 0 Å². The van der Waals surface area contributed by atoms with E-state index < -0.39 is 0 Å². The molecule has 0 spiro atoms. The van der Waals surface area contributed by atoms with Crippen molar-refractivity contribution in [2.75, 3.05) is 6.54 Å². The highest BCUT2D eigenvalue weighted by Gasteiger charge is 2.11. The Bertz CT molecular complexity index is 487. The average molecular weight is 191 g/mol. The van der Waals surface area contributed by atoms with Crippen LogP contribution in [0.15, 0.2) is 28.7 Å². The third-order valence-electron chi connectivity index (χ3n) is 2.00. The molecule has 0 aliphatic rings. The number of benzene rings is 1. The Morgan fingerprint density at radius 3 is 2.93 bits per heavy atom. The molecule has 0 fully saturated rings. The predicted molar refractivity (Wildman–Crippen MR) is 51.3 cm³/mol. The van der Waals surface area contributed by atoms with Crippen LogP contribution < -0.4 is 5.73 Å². The number of carbonyl (C=O) groups excluding carboxylic acids is 1. The van der Waals surface area contributed by atoms with E-state index in [0.29, 0.717) is 11.0 Å². The van der Waals surface area contributed by atoms with Gasteiger partial charge in [0.1, 0.15) is 11.3 Å². The fourth-order valence-electron chi connectivity index (χ4n) is 1.28. The summed E-state index contributed by atoms with van der Waals surface area (Å²) in [4.78, 5) is 11.2. The van der Waals surface area contributed by atoms with Crippen molar-refractivity contribution in [3.8, 4) is 5.75 Å². The predicted octanol–water partition coefficient (Wildman–Crippen LogP) is 1.28. The highest BCUT2D eigenvalue weighted by molar-refractivity contribution is 5.99. The third kappa shape index (κ3) is 1.25. The Hall–Kier alpha value is -1.81. The summed E-state index contributed by atoms with van der Waals surface area (Å²) in [7, 11) is 0. The SMILES string of the molecule is NCC(=O)c1cc2c(O)cccc2o1. The molecule has 1 heterocycles. The monoisotopic (exact) mass is 191 g/mol. The minimum absolute atomic E-state index is 0.0966. The molecule has 0 amide bonds. The number of rotatable bonds is 2. The lowest BCUT2D eigenvalue weighted by Gasteiger charge is -1.89. The van der Waals surface area contributed by atoms with Crippen LogP contribution in [0.2, 0.25) is 0 Å². The largest absolute Gasteiger partial charge is 0.507 e. The normalized spacial score (nSPS) is 10.6. The van der Waals surface area contributed by atoms with E-state index in [0.717, 1.165) is 0 Å². The molecule has 1 aromatic carbocycles. The van der Waals surface area contributed by atoms with Gasteiger partial charge in [0, 0.05) is 0 Å². The van der Waals surface area contributed by atoms with Crippen LogP contribution in [0.5, 0.6) is 5.75 Å². The lowest BCUT2D eigenvalue weighted by Crippen LogP contribution is -2.12. The zero-order valence-corrected chi connectivity index (χ0v) is 7.36. The maximum Gasteiger partial charge on any atom is 0.211 e. The number of aromatic hydroxyl groups is 1. The molecule has 2 rings (SSSR count). The van der Waals surface area contributed by atoms with Crippen LogP contribution in [0.4, 0.5) is 0 Å². The third-order valence-corrected chi connectivity index (χ3v) is 2.00. The summed E-state index contributed by atoms with van der Waals surface area (Å²) >= 11 is 0. The minimum atomic E-state index is -0.277. The van der Waals surface area contributed by atoms with Crippen LogP contribution in [-0.2, 0) is 0 Å². The molecule has 0 radical (unpaired) electrons. The summed E-state index contributed by atoms with van der Waals surface area (Å²) in [5.74, 6) is 0.00641. The summed E-state index contributed by atoms with van der Waals surface area (Å²) in [6.45, 7) is -0.0966. The smallest absolute Gasteiger partial charge is 0.211 e. The minimum Gasteiger partial charge on any atom is -0.507 e. The van der Waals surface area contributed by atoms with Gasteiger partial charge in [-0.25, -0.2) is 0 Å². The number of phenolic OH excluding ortho intramolecular Hbond substituents is 1. The van der Waals surface area contributed by atoms with Gasteiger partial charge in [-0.2, -0.15) is 0 Å². The van der Waals surface area contributed by atoms with Crippen molar-refractivity contribution in [3.63, 3.8) is 0 Å². The molecule has 0 aliphatic heterocycles. The number of Topliss-reactive ketones (excluding diaryl/α,β-unsaturated/α-hetero) is 1. The van der Waals surface area contributed by atoms with E-state index >= 15 is 0 Å². The van der Waals surface area contributed by atoms with E-state index in [1.807, 2.05) is 0 Å².